The fourth-order valence-corrected chi connectivity index (χ4v) is 3.04. The summed E-state index contributed by atoms with van der Waals surface area (Å²) < 4.78 is 16.4. The summed E-state index contributed by atoms with van der Waals surface area (Å²) in [6.07, 6.45) is 2.31. The SMILES string of the molecule is CN1CCN(c2cc3c(cc2F)c(=O)ccn3CCCO)CC1. The Hall–Kier alpha value is -1.92. The van der Waals surface area contributed by atoms with Crippen LogP contribution in [0.2, 0.25) is 0 Å². The molecule has 3 rings (SSSR count). The van der Waals surface area contributed by atoms with Crippen LogP contribution in [0.25, 0.3) is 10.9 Å². The predicted octanol–water partition coefficient (Wildman–Crippen LogP) is 1.27. The van der Waals surface area contributed by atoms with Crippen molar-refractivity contribution in [2.24, 2.45) is 0 Å². The molecule has 0 spiro atoms. The molecule has 1 saturated heterocycles. The Kier molecular flexibility index (Phi) is 4.63. The first-order valence-corrected chi connectivity index (χ1v) is 7.97. The molecule has 0 saturated carbocycles. The van der Waals surface area contributed by atoms with Gasteiger partial charge >= 0.3 is 0 Å². The molecule has 1 aromatic carbocycles. The van der Waals surface area contributed by atoms with E-state index >= 15 is 0 Å². The minimum Gasteiger partial charge on any atom is -0.396 e. The molecule has 5 nitrogen and oxygen atoms in total. The van der Waals surface area contributed by atoms with E-state index in [0.717, 1.165) is 31.7 Å². The number of halogens is 1. The van der Waals surface area contributed by atoms with Crippen LogP contribution >= 0.6 is 0 Å². The zero-order chi connectivity index (χ0) is 16.4. The third-order valence-corrected chi connectivity index (χ3v) is 4.45. The molecule has 2 aromatic rings. The van der Waals surface area contributed by atoms with Crippen molar-refractivity contribution in [1.29, 1.82) is 0 Å². The monoisotopic (exact) mass is 319 g/mol. The molecule has 2 heterocycles. The Bertz CT molecular complexity index is 751. The van der Waals surface area contributed by atoms with Gasteiger partial charge in [0, 0.05) is 57.0 Å². The number of aryl methyl sites for hydroxylation is 1. The Morgan fingerprint density at radius 1 is 1.22 bits per heavy atom. The first-order chi connectivity index (χ1) is 11.1. The van der Waals surface area contributed by atoms with Crippen LogP contribution in [-0.2, 0) is 6.54 Å². The molecule has 124 valence electrons. The number of pyridine rings is 1. The van der Waals surface area contributed by atoms with Gasteiger partial charge in [0.1, 0.15) is 5.82 Å². The Morgan fingerprint density at radius 2 is 1.96 bits per heavy atom. The van der Waals surface area contributed by atoms with E-state index in [4.69, 9.17) is 5.11 Å². The third kappa shape index (κ3) is 3.23. The first-order valence-electron chi connectivity index (χ1n) is 7.97. The number of hydrogen-bond acceptors (Lipinski definition) is 4. The summed E-state index contributed by atoms with van der Waals surface area (Å²) in [5.74, 6) is -0.348. The molecule has 0 atom stereocenters. The maximum atomic E-state index is 14.5. The van der Waals surface area contributed by atoms with Gasteiger partial charge in [0.2, 0.25) is 0 Å². The third-order valence-electron chi connectivity index (χ3n) is 4.45. The van der Waals surface area contributed by atoms with Crippen molar-refractivity contribution in [3.8, 4) is 0 Å². The number of fused-ring (bicyclic) bond motifs is 1. The van der Waals surface area contributed by atoms with Gasteiger partial charge in [0.15, 0.2) is 5.43 Å². The molecule has 6 heteroatoms. The van der Waals surface area contributed by atoms with E-state index in [0.29, 0.717) is 24.0 Å². The van der Waals surface area contributed by atoms with Crippen LogP contribution < -0.4 is 10.3 Å². The zero-order valence-corrected chi connectivity index (χ0v) is 13.3. The highest BCUT2D eigenvalue weighted by molar-refractivity contribution is 5.83. The summed E-state index contributed by atoms with van der Waals surface area (Å²) in [5, 5.41) is 9.42. The van der Waals surface area contributed by atoms with Crippen LogP contribution in [-0.4, -0.2) is 54.4 Å². The van der Waals surface area contributed by atoms with Crippen molar-refractivity contribution in [2.75, 3.05) is 44.7 Å². The lowest BCUT2D eigenvalue weighted by Gasteiger charge is -2.34. The van der Waals surface area contributed by atoms with Gasteiger partial charge in [-0.2, -0.15) is 0 Å². The van der Waals surface area contributed by atoms with E-state index in [-0.39, 0.29) is 17.9 Å². The largest absolute Gasteiger partial charge is 0.396 e. The van der Waals surface area contributed by atoms with Crippen molar-refractivity contribution in [1.82, 2.24) is 9.47 Å². The van der Waals surface area contributed by atoms with Crippen molar-refractivity contribution in [3.63, 3.8) is 0 Å². The van der Waals surface area contributed by atoms with Gasteiger partial charge in [-0.15, -0.1) is 0 Å². The smallest absolute Gasteiger partial charge is 0.189 e. The van der Waals surface area contributed by atoms with E-state index in [1.807, 2.05) is 9.47 Å². The van der Waals surface area contributed by atoms with Crippen LogP contribution in [0.4, 0.5) is 10.1 Å². The second kappa shape index (κ2) is 6.68. The molecule has 0 radical (unpaired) electrons. The zero-order valence-electron chi connectivity index (χ0n) is 13.3. The van der Waals surface area contributed by atoms with Crippen molar-refractivity contribution >= 4 is 16.6 Å². The number of rotatable bonds is 4. The van der Waals surface area contributed by atoms with E-state index < -0.39 is 0 Å². The highest BCUT2D eigenvalue weighted by Crippen LogP contribution is 2.25. The number of aliphatic hydroxyl groups is 1. The standard InChI is InChI=1S/C17H22FN3O2/c1-19-6-8-21(9-7-19)16-12-15-13(11-14(16)18)17(23)3-5-20(15)4-2-10-22/h3,5,11-12,22H,2,4,6-10H2,1H3. The van der Waals surface area contributed by atoms with Gasteiger partial charge in [-0.25, -0.2) is 4.39 Å². The molecule has 0 unspecified atom stereocenters. The molecule has 1 aliphatic heterocycles. The topological polar surface area (TPSA) is 48.7 Å². The molecule has 0 amide bonds. The van der Waals surface area contributed by atoms with Crippen LogP contribution in [0.5, 0.6) is 0 Å². The van der Waals surface area contributed by atoms with Crippen LogP contribution in [0.1, 0.15) is 6.42 Å². The van der Waals surface area contributed by atoms with Gasteiger partial charge in [0.05, 0.1) is 11.2 Å². The number of aliphatic hydroxyl groups excluding tert-OH is 1. The highest BCUT2D eigenvalue weighted by atomic mass is 19.1. The minimum absolute atomic E-state index is 0.0835. The first kappa shape index (κ1) is 16.0. The molecule has 23 heavy (non-hydrogen) atoms. The summed E-state index contributed by atoms with van der Waals surface area (Å²) in [7, 11) is 2.06. The normalized spacial score (nSPS) is 16.2. The van der Waals surface area contributed by atoms with E-state index in [1.165, 1.54) is 12.1 Å². The lowest BCUT2D eigenvalue weighted by atomic mass is 10.1. The summed E-state index contributed by atoms with van der Waals surface area (Å²) in [5.41, 5.74) is 1.10. The van der Waals surface area contributed by atoms with Crippen molar-refractivity contribution in [2.45, 2.75) is 13.0 Å². The molecular weight excluding hydrogens is 297 g/mol. The molecular formula is C17H22FN3O2. The van der Waals surface area contributed by atoms with Gasteiger partial charge in [-0.1, -0.05) is 0 Å². The number of hydrogen-bond donors (Lipinski definition) is 1. The lowest BCUT2D eigenvalue weighted by molar-refractivity contribution is 0.280. The van der Waals surface area contributed by atoms with Gasteiger partial charge in [0.25, 0.3) is 0 Å². The number of nitrogens with zero attached hydrogens (tertiary/aromatic N) is 3. The molecule has 1 aliphatic rings. The number of likely N-dealkylation sites (N-methyl/N-ethyl adjacent to an activating group) is 1. The number of benzene rings is 1. The number of anilines is 1. The maximum absolute atomic E-state index is 14.5. The summed E-state index contributed by atoms with van der Waals surface area (Å²) >= 11 is 0. The Labute approximate surface area is 134 Å². The second-order valence-corrected chi connectivity index (χ2v) is 6.06. The fourth-order valence-electron chi connectivity index (χ4n) is 3.04. The van der Waals surface area contributed by atoms with Crippen molar-refractivity contribution in [3.05, 3.63) is 40.4 Å². The Balaban J connectivity index is 2.05. The number of piperazine rings is 1. The second-order valence-electron chi connectivity index (χ2n) is 6.06. The molecule has 0 aliphatic carbocycles. The highest BCUT2D eigenvalue weighted by Gasteiger charge is 2.19. The van der Waals surface area contributed by atoms with E-state index in [2.05, 4.69) is 11.9 Å². The van der Waals surface area contributed by atoms with Crippen LogP contribution in [0.15, 0.2) is 29.2 Å². The summed E-state index contributed by atoms with van der Waals surface area (Å²) in [4.78, 5) is 16.3. The molecule has 1 aromatic heterocycles. The molecule has 1 fully saturated rings. The Morgan fingerprint density at radius 3 is 2.65 bits per heavy atom. The van der Waals surface area contributed by atoms with E-state index in [9.17, 15) is 9.18 Å². The predicted molar refractivity (Wildman–Crippen MR) is 89.6 cm³/mol. The number of aromatic nitrogens is 1. The maximum Gasteiger partial charge on any atom is 0.189 e. The summed E-state index contributed by atoms with van der Waals surface area (Å²) in [6, 6.07) is 4.57. The average Bonchev–Trinajstić information content (AvgIpc) is 2.55. The fraction of sp³-hybridized carbons (Fsp3) is 0.471. The van der Waals surface area contributed by atoms with Gasteiger partial charge in [-0.3, -0.25) is 4.79 Å². The van der Waals surface area contributed by atoms with Gasteiger partial charge < -0.3 is 19.5 Å². The lowest BCUT2D eigenvalue weighted by Crippen LogP contribution is -2.44. The average molecular weight is 319 g/mol. The van der Waals surface area contributed by atoms with Crippen molar-refractivity contribution < 1.29 is 9.50 Å². The quantitative estimate of drug-likeness (QED) is 0.922. The minimum atomic E-state index is -0.348. The van der Waals surface area contributed by atoms with Gasteiger partial charge in [-0.05, 0) is 25.6 Å². The van der Waals surface area contributed by atoms with E-state index in [1.54, 1.807) is 12.3 Å². The van der Waals surface area contributed by atoms with Crippen LogP contribution in [0, 0.1) is 5.82 Å². The summed E-state index contributed by atoms with van der Waals surface area (Å²) in [6.45, 7) is 4.01. The van der Waals surface area contributed by atoms with Crippen LogP contribution in [0.3, 0.4) is 0 Å². The molecule has 0 bridgehead atoms. The molecule has 1 N–H and O–H groups in total.